The van der Waals surface area contributed by atoms with E-state index in [9.17, 15) is 14.3 Å². The van der Waals surface area contributed by atoms with Crippen molar-refractivity contribution >= 4 is 6.03 Å². The van der Waals surface area contributed by atoms with Crippen LogP contribution in [0.1, 0.15) is 36.7 Å². The van der Waals surface area contributed by atoms with Crippen LogP contribution in [0, 0.1) is 18.7 Å². The molecule has 1 aliphatic rings. The number of rotatable bonds is 3. The van der Waals surface area contributed by atoms with Crippen LogP contribution in [0.15, 0.2) is 28.8 Å². The number of amides is 2. The molecule has 1 saturated heterocycles. The Bertz CT molecular complexity index is 751. The van der Waals surface area contributed by atoms with Crippen molar-refractivity contribution < 1.29 is 18.8 Å². The van der Waals surface area contributed by atoms with Crippen LogP contribution in [0.3, 0.4) is 0 Å². The number of benzene rings is 1. The van der Waals surface area contributed by atoms with Crippen molar-refractivity contribution in [3.8, 4) is 0 Å². The Morgan fingerprint density at radius 3 is 2.88 bits per heavy atom. The summed E-state index contributed by atoms with van der Waals surface area (Å²) in [6.45, 7) is 4.34. The van der Waals surface area contributed by atoms with Gasteiger partial charge in [-0.15, -0.1) is 0 Å². The predicted octanol–water partition coefficient (Wildman–Crippen LogP) is 2.02. The second-order valence-corrected chi connectivity index (χ2v) is 6.35. The van der Waals surface area contributed by atoms with Gasteiger partial charge in [-0.05, 0) is 18.4 Å². The fourth-order valence-corrected chi connectivity index (χ4v) is 2.87. The molecule has 7 nitrogen and oxygen atoms in total. The van der Waals surface area contributed by atoms with Gasteiger partial charge in [-0.2, -0.15) is 4.98 Å². The van der Waals surface area contributed by atoms with E-state index in [0.717, 1.165) is 0 Å². The maximum atomic E-state index is 14.2. The molecular formula is C17H21FN4O3. The van der Waals surface area contributed by atoms with E-state index in [1.165, 1.54) is 11.0 Å². The molecule has 1 fully saturated rings. The summed E-state index contributed by atoms with van der Waals surface area (Å²) in [5, 5.41) is 16.6. The number of β-amino-alcohol motifs (C(OH)–C–C–N with tert-alkyl or cyclic N) is 1. The van der Waals surface area contributed by atoms with Crippen LogP contribution in [0.2, 0.25) is 0 Å². The van der Waals surface area contributed by atoms with Crippen molar-refractivity contribution in [1.82, 2.24) is 20.4 Å². The van der Waals surface area contributed by atoms with E-state index in [1.807, 2.05) is 6.92 Å². The molecule has 2 aromatic rings. The Hall–Kier alpha value is -2.48. The summed E-state index contributed by atoms with van der Waals surface area (Å²) in [6, 6.07) is 4.86. The van der Waals surface area contributed by atoms with E-state index < -0.39 is 24.0 Å². The third kappa shape index (κ3) is 3.79. The van der Waals surface area contributed by atoms with Crippen molar-refractivity contribution in [3.63, 3.8) is 0 Å². The SMILES string of the molecule is Cc1nc([C@H](NC(=O)N2CC[C@H](C)[C@H](O)C2)c2ccccc2F)no1. The zero-order valence-corrected chi connectivity index (χ0v) is 14.1. The molecule has 3 rings (SSSR count). The topological polar surface area (TPSA) is 91.5 Å². The molecule has 0 radical (unpaired) electrons. The van der Waals surface area contributed by atoms with Crippen LogP contribution in [-0.4, -0.2) is 45.4 Å². The molecule has 0 spiro atoms. The van der Waals surface area contributed by atoms with Crippen molar-refractivity contribution in [2.75, 3.05) is 13.1 Å². The fraction of sp³-hybridized carbons (Fsp3) is 0.471. The Morgan fingerprint density at radius 2 is 2.24 bits per heavy atom. The number of aromatic nitrogens is 2. The van der Waals surface area contributed by atoms with E-state index in [-0.39, 0.29) is 23.9 Å². The van der Waals surface area contributed by atoms with Gasteiger partial charge >= 0.3 is 6.03 Å². The Kier molecular flexibility index (Phi) is 4.98. The Balaban J connectivity index is 1.83. The van der Waals surface area contributed by atoms with Crippen LogP contribution in [-0.2, 0) is 0 Å². The number of halogens is 1. The molecule has 2 N–H and O–H groups in total. The number of nitrogens with zero attached hydrogens (tertiary/aromatic N) is 3. The molecular weight excluding hydrogens is 327 g/mol. The second-order valence-electron chi connectivity index (χ2n) is 6.35. The minimum atomic E-state index is -0.873. The van der Waals surface area contributed by atoms with Crippen molar-refractivity contribution in [2.24, 2.45) is 5.92 Å². The number of nitrogens with one attached hydrogen (secondary N) is 1. The van der Waals surface area contributed by atoms with E-state index in [1.54, 1.807) is 25.1 Å². The number of hydrogen-bond donors (Lipinski definition) is 2. The average molecular weight is 348 g/mol. The predicted molar refractivity (Wildman–Crippen MR) is 87.2 cm³/mol. The summed E-state index contributed by atoms with van der Waals surface area (Å²) in [7, 11) is 0. The molecule has 0 saturated carbocycles. The number of piperidine rings is 1. The lowest BCUT2D eigenvalue weighted by molar-refractivity contribution is 0.0431. The van der Waals surface area contributed by atoms with Gasteiger partial charge in [0.25, 0.3) is 0 Å². The third-order valence-electron chi connectivity index (χ3n) is 4.49. The van der Waals surface area contributed by atoms with Gasteiger partial charge in [0.05, 0.1) is 6.10 Å². The molecule has 0 bridgehead atoms. The number of aryl methyl sites for hydroxylation is 1. The second kappa shape index (κ2) is 7.18. The summed E-state index contributed by atoms with van der Waals surface area (Å²) in [4.78, 5) is 18.3. The van der Waals surface area contributed by atoms with Crippen molar-refractivity contribution in [3.05, 3.63) is 47.4 Å². The third-order valence-corrected chi connectivity index (χ3v) is 4.49. The van der Waals surface area contributed by atoms with Gasteiger partial charge in [-0.25, -0.2) is 9.18 Å². The summed E-state index contributed by atoms with van der Waals surface area (Å²) < 4.78 is 19.2. The van der Waals surface area contributed by atoms with Gasteiger partial charge in [0.2, 0.25) is 5.89 Å². The van der Waals surface area contributed by atoms with Crippen LogP contribution >= 0.6 is 0 Å². The van der Waals surface area contributed by atoms with Crippen LogP contribution in [0.4, 0.5) is 9.18 Å². The van der Waals surface area contributed by atoms with Crippen LogP contribution in [0.5, 0.6) is 0 Å². The van der Waals surface area contributed by atoms with Gasteiger partial charge in [0.15, 0.2) is 5.82 Å². The highest BCUT2D eigenvalue weighted by Gasteiger charge is 2.31. The molecule has 134 valence electrons. The van der Waals surface area contributed by atoms with Gasteiger partial charge in [-0.1, -0.05) is 30.3 Å². The summed E-state index contributed by atoms with van der Waals surface area (Å²) >= 11 is 0. The molecule has 3 atom stereocenters. The largest absolute Gasteiger partial charge is 0.391 e. The van der Waals surface area contributed by atoms with Crippen molar-refractivity contribution in [2.45, 2.75) is 32.4 Å². The number of carbonyl (C=O) groups excluding carboxylic acids is 1. The highest BCUT2D eigenvalue weighted by molar-refractivity contribution is 5.75. The van der Waals surface area contributed by atoms with E-state index >= 15 is 0 Å². The number of aliphatic hydroxyl groups is 1. The average Bonchev–Trinajstić information content (AvgIpc) is 3.02. The fourth-order valence-electron chi connectivity index (χ4n) is 2.87. The zero-order chi connectivity index (χ0) is 18.0. The number of hydrogen-bond acceptors (Lipinski definition) is 5. The van der Waals surface area contributed by atoms with Gasteiger partial charge < -0.3 is 19.8 Å². The van der Waals surface area contributed by atoms with Gasteiger partial charge in [0.1, 0.15) is 11.9 Å². The van der Waals surface area contributed by atoms with Gasteiger partial charge in [0, 0.05) is 25.6 Å². The molecule has 1 aliphatic heterocycles. The Labute approximate surface area is 144 Å². The first-order valence-electron chi connectivity index (χ1n) is 8.24. The number of likely N-dealkylation sites (tertiary alicyclic amines) is 1. The minimum absolute atomic E-state index is 0.145. The number of aliphatic hydroxyl groups excluding tert-OH is 1. The minimum Gasteiger partial charge on any atom is -0.391 e. The van der Waals surface area contributed by atoms with Crippen molar-refractivity contribution in [1.29, 1.82) is 0 Å². The number of urea groups is 1. The highest BCUT2D eigenvalue weighted by atomic mass is 19.1. The molecule has 25 heavy (non-hydrogen) atoms. The first-order chi connectivity index (χ1) is 12.0. The maximum absolute atomic E-state index is 14.2. The standard InChI is InChI=1S/C17H21FN4O3/c1-10-7-8-22(9-14(10)23)17(24)20-15(16-19-11(2)25-21-16)12-5-3-4-6-13(12)18/h3-6,10,14-15,23H,7-9H2,1-2H3,(H,20,24)/t10-,14+,15+/m0/s1. The smallest absolute Gasteiger partial charge is 0.318 e. The summed E-state index contributed by atoms with van der Waals surface area (Å²) in [5.74, 6) is 0.184. The van der Waals surface area contributed by atoms with E-state index in [2.05, 4.69) is 15.5 Å². The summed E-state index contributed by atoms with van der Waals surface area (Å²) in [6.07, 6.45) is 0.138. The molecule has 2 amide bonds. The summed E-state index contributed by atoms with van der Waals surface area (Å²) in [5.41, 5.74) is 0.252. The van der Waals surface area contributed by atoms with Crippen LogP contribution in [0.25, 0.3) is 0 Å². The lowest BCUT2D eigenvalue weighted by Crippen LogP contribution is -2.50. The lowest BCUT2D eigenvalue weighted by atomic mass is 9.96. The Morgan fingerprint density at radius 1 is 1.48 bits per heavy atom. The van der Waals surface area contributed by atoms with E-state index in [4.69, 9.17) is 4.52 Å². The molecule has 2 heterocycles. The normalized spacial score (nSPS) is 21.8. The molecule has 0 unspecified atom stereocenters. The van der Waals surface area contributed by atoms with Gasteiger partial charge in [-0.3, -0.25) is 0 Å². The van der Waals surface area contributed by atoms with E-state index in [0.29, 0.717) is 18.9 Å². The quantitative estimate of drug-likeness (QED) is 0.885. The maximum Gasteiger partial charge on any atom is 0.318 e. The molecule has 1 aromatic carbocycles. The monoisotopic (exact) mass is 348 g/mol. The molecule has 0 aliphatic carbocycles. The number of carbonyl (C=O) groups is 1. The first-order valence-corrected chi connectivity index (χ1v) is 8.24. The zero-order valence-electron chi connectivity index (χ0n) is 14.1. The lowest BCUT2D eigenvalue weighted by Gasteiger charge is -2.35. The molecule has 8 heteroatoms. The highest BCUT2D eigenvalue weighted by Crippen LogP contribution is 2.24. The molecule has 1 aromatic heterocycles. The van der Waals surface area contributed by atoms with Crippen LogP contribution < -0.4 is 5.32 Å². The first kappa shape index (κ1) is 17.3.